The number of hydrogen-bond acceptors (Lipinski definition) is 4. The lowest BCUT2D eigenvalue weighted by Gasteiger charge is -2.44. The standard InChI is InChI=1S/C13H14N2O3/c1-8-14-11-9(4-3-5-10(11)18-8)12(16)15-6-13(2,17)7-15/h3-5,17H,6-7H2,1-2H3. The summed E-state index contributed by atoms with van der Waals surface area (Å²) < 4.78 is 5.40. The van der Waals surface area contributed by atoms with E-state index in [2.05, 4.69) is 4.98 Å². The number of nitrogens with zero attached hydrogens (tertiary/aromatic N) is 2. The molecular formula is C13H14N2O3. The van der Waals surface area contributed by atoms with E-state index in [1.54, 1.807) is 36.9 Å². The molecule has 0 saturated carbocycles. The molecule has 1 fully saturated rings. The summed E-state index contributed by atoms with van der Waals surface area (Å²) in [6.45, 7) is 4.19. The van der Waals surface area contributed by atoms with Crippen molar-refractivity contribution >= 4 is 17.0 Å². The lowest BCUT2D eigenvalue weighted by atomic mass is 9.96. The molecule has 0 unspecified atom stereocenters. The first-order valence-electron chi connectivity index (χ1n) is 5.84. The molecule has 1 aromatic carbocycles. The van der Waals surface area contributed by atoms with Crippen molar-refractivity contribution in [3.05, 3.63) is 29.7 Å². The number of likely N-dealkylation sites (tertiary alicyclic amines) is 1. The van der Waals surface area contributed by atoms with E-state index in [9.17, 15) is 9.90 Å². The molecule has 2 heterocycles. The quantitative estimate of drug-likeness (QED) is 0.824. The number of oxazole rings is 1. The summed E-state index contributed by atoms with van der Waals surface area (Å²) >= 11 is 0. The van der Waals surface area contributed by atoms with Gasteiger partial charge in [0.1, 0.15) is 5.52 Å². The van der Waals surface area contributed by atoms with E-state index in [4.69, 9.17) is 4.42 Å². The molecule has 0 atom stereocenters. The summed E-state index contributed by atoms with van der Waals surface area (Å²) in [4.78, 5) is 18.1. The number of aryl methyl sites for hydroxylation is 1. The second-order valence-electron chi connectivity index (χ2n) is 5.04. The van der Waals surface area contributed by atoms with Crippen LogP contribution in [-0.2, 0) is 0 Å². The Morgan fingerprint density at radius 2 is 2.22 bits per heavy atom. The second kappa shape index (κ2) is 3.55. The van der Waals surface area contributed by atoms with E-state index in [1.165, 1.54) is 0 Å². The minimum Gasteiger partial charge on any atom is -0.441 e. The monoisotopic (exact) mass is 246 g/mol. The number of benzene rings is 1. The van der Waals surface area contributed by atoms with Crippen molar-refractivity contribution in [2.45, 2.75) is 19.4 Å². The van der Waals surface area contributed by atoms with Crippen molar-refractivity contribution in [2.24, 2.45) is 0 Å². The zero-order valence-electron chi connectivity index (χ0n) is 10.3. The number of aliphatic hydroxyl groups is 1. The third-order valence-electron chi connectivity index (χ3n) is 3.11. The fourth-order valence-corrected chi connectivity index (χ4v) is 2.32. The maximum absolute atomic E-state index is 12.3. The molecule has 1 saturated heterocycles. The normalized spacial score (nSPS) is 17.8. The van der Waals surface area contributed by atoms with Gasteiger partial charge in [-0.1, -0.05) is 6.07 Å². The van der Waals surface area contributed by atoms with Gasteiger partial charge >= 0.3 is 0 Å². The maximum atomic E-state index is 12.3. The number of para-hydroxylation sites is 1. The van der Waals surface area contributed by atoms with E-state index in [0.29, 0.717) is 35.6 Å². The highest BCUT2D eigenvalue weighted by Gasteiger charge is 2.40. The van der Waals surface area contributed by atoms with Gasteiger partial charge in [0.05, 0.1) is 24.3 Å². The van der Waals surface area contributed by atoms with Crippen LogP contribution in [-0.4, -0.2) is 39.6 Å². The number of fused-ring (bicyclic) bond motifs is 1. The fraction of sp³-hybridized carbons (Fsp3) is 0.385. The maximum Gasteiger partial charge on any atom is 0.256 e. The summed E-state index contributed by atoms with van der Waals surface area (Å²) in [5.74, 6) is 0.432. The van der Waals surface area contributed by atoms with Crippen LogP contribution in [0.5, 0.6) is 0 Å². The molecule has 5 heteroatoms. The molecule has 2 aromatic rings. The predicted octanol–water partition coefficient (Wildman–Crippen LogP) is 1.34. The Morgan fingerprint density at radius 1 is 1.50 bits per heavy atom. The highest BCUT2D eigenvalue weighted by atomic mass is 16.3. The number of β-amino-alcohol motifs (C(OH)–C–C–N with tert-alkyl or cyclic N) is 1. The zero-order chi connectivity index (χ0) is 12.9. The molecule has 5 nitrogen and oxygen atoms in total. The number of amides is 1. The molecule has 1 N–H and O–H groups in total. The molecule has 0 spiro atoms. The molecule has 0 aliphatic carbocycles. The second-order valence-corrected chi connectivity index (χ2v) is 5.04. The van der Waals surface area contributed by atoms with E-state index in [-0.39, 0.29) is 5.91 Å². The average molecular weight is 246 g/mol. The highest BCUT2D eigenvalue weighted by Crippen LogP contribution is 2.25. The Bertz CT molecular complexity index is 622. The van der Waals surface area contributed by atoms with Crippen LogP contribution in [0.1, 0.15) is 23.2 Å². The Balaban J connectivity index is 1.97. The third-order valence-corrected chi connectivity index (χ3v) is 3.11. The topological polar surface area (TPSA) is 66.6 Å². The Labute approximate surface area is 104 Å². The van der Waals surface area contributed by atoms with Crippen LogP contribution in [0.2, 0.25) is 0 Å². The first-order valence-corrected chi connectivity index (χ1v) is 5.84. The first-order chi connectivity index (χ1) is 8.46. The molecule has 1 aliphatic heterocycles. The van der Waals surface area contributed by atoms with Gasteiger partial charge in [0.15, 0.2) is 11.5 Å². The summed E-state index contributed by atoms with van der Waals surface area (Å²) in [7, 11) is 0. The first kappa shape index (κ1) is 11.2. The molecule has 1 aromatic heterocycles. The van der Waals surface area contributed by atoms with Gasteiger partial charge < -0.3 is 14.4 Å². The van der Waals surface area contributed by atoms with E-state index in [0.717, 1.165) is 0 Å². The van der Waals surface area contributed by atoms with Gasteiger partial charge in [-0.2, -0.15) is 0 Å². The fourth-order valence-electron chi connectivity index (χ4n) is 2.32. The van der Waals surface area contributed by atoms with Crippen LogP contribution in [0.3, 0.4) is 0 Å². The van der Waals surface area contributed by atoms with Gasteiger partial charge in [-0.25, -0.2) is 4.98 Å². The van der Waals surface area contributed by atoms with Crippen molar-refractivity contribution in [3.8, 4) is 0 Å². The largest absolute Gasteiger partial charge is 0.441 e. The molecule has 1 aliphatic rings. The zero-order valence-corrected chi connectivity index (χ0v) is 10.3. The number of rotatable bonds is 1. The van der Waals surface area contributed by atoms with Crippen LogP contribution in [0.25, 0.3) is 11.1 Å². The molecule has 3 rings (SSSR count). The Kier molecular flexibility index (Phi) is 2.22. The Morgan fingerprint density at radius 3 is 2.89 bits per heavy atom. The lowest BCUT2D eigenvalue weighted by molar-refractivity contribution is -0.0668. The molecular weight excluding hydrogens is 232 g/mol. The van der Waals surface area contributed by atoms with Gasteiger partial charge in [0, 0.05) is 6.92 Å². The SMILES string of the molecule is Cc1nc2c(C(=O)N3CC(C)(O)C3)cccc2o1. The van der Waals surface area contributed by atoms with Crippen LogP contribution >= 0.6 is 0 Å². The van der Waals surface area contributed by atoms with E-state index < -0.39 is 5.60 Å². The summed E-state index contributed by atoms with van der Waals surface area (Å²) in [5.41, 5.74) is 0.973. The van der Waals surface area contributed by atoms with Crippen molar-refractivity contribution in [1.29, 1.82) is 0 Å². The molecule has 18 heavy (non-hydrogen) atoms. The van der Waals surface area contributed by atoms with Gasteiger partial charge in [-0.3, -0.25) is 4.79 Å². The van der Waals surface area contributed by atoms with Gasteiger partial charge in [-0.05, 0) is 19.1 Å². The van der Waals surface area contributed by atoms with Crippen molar-refractivity contribution in [3.63, 3.8) is 0 Å². The number of carbonyl (C=O) groups excluding carboxylic acids is 1. The van der Waals surface area contributed by atoms with E-state index in [1.807, 2.05) is 0 Å². The smallest absolute Gasteiger partial charge is 0.256 e. The van der Waals surface area contributed by atoms with Crippen molar-refractivity contribution in [1.82, 2.24) is 9.88 Å². The van der Waals surface area contributed by atoms with E-state index >= 15 is 0 Å². The third kappa shape index (κ3) is 1.67. The van der Waals surface area contributed by atoms with Crippen LogP contribution in [0, 0.1) is 6.92 Å². The van der Waals surface area contributed by atoms with Gasteiger partial charge in [-0.15, -0.1) is 0 Å². The average Bonchev–Trinajstić information content (AvgIpc) is 2.64. The minimum atomic E-state index is -0.761. The number of hydrogen-bond donors (Lipinski definition) is 1. The van der Waals surface area contributed by atoms with Gasteiger partial charge in [0.2, 0.25) is 0 Å². The highest BCUT2D eigenvalue weighted by molar-refractivity contribution is 6.04. The summed E-state index contributed by atoms with van der Waals surface area (Å²) in [6.07, 6.45) is 0. The predicted molar refractivity (Wildman–Crippen MR) is 65.3 cm³/mol. The summed E-state index contributed by atoms with van der Waals surface area (Å²) in [6, 6.07) is 5.30. The van der Waals surface area contributed by atoms with Crippen LogP contribution < -0.4 is 0 Å². The molecule has 0 bridgehead atoms. The van der Waals surface area contributed by atoms with Crippen molar-refractivity contribution in [2.75, 3.05) is 13.1 Å². The van der Waals surface area contributed by atoms with Crippen LogP contribution in [0.4, 0.5) is 0 Å². The molecule has 0 radical (unpaired) electrons. The van der Waals surface area contributed by atoms with Crippen molar-refractivity contribution < 1.29 is 14.3 Å². The molecule has 94 valence electrons. The summed E-state index contributed by atoms with van der Waals surface area (Å²) in [5, 5.41) is 9.67. The minimum absolute atomic E-state index is 0.111. The molecule has 1 amide bonds. The number of carbonyl (C=O) groups is 1. The number of aromatic nitrogens is 1. The van der Waals surface area contributed by atoms with Gasteiger partial charge in [0.25, 0.3) is 5.91 Å². The Hall–Kier alpha value is -1.88. The lowest BCUT2D eigenvalue weighted by Crippen LogP contribution is -2.61. The van der Waals surface area contributed by atoms with Crippen LogP contribution in [0.15, 0.2) is 22.6 Å².